The number of alkyl halides is 3. The van der Waals surface area contributed by atoms with Crippen molar-refractivity contribution in [1.29, 1.82) is 0 Å². The van der Waals surface area contributed by atoms with Crippen LogP contribution >= 0.6 is 11.3 Å². The fourth-order valence-electron chi connectivity index (χ4n) is 2.11. The lowest BCUT2D eigenvalue weighted by Gasteiger charge is -2.08. The lowest BCUT2D eigenvalue weighted by atomic mass is 10.2. The Bertz CT molecular complexity index is 984. The van der Waals surface area contributed by atoms with E-state index in [2.05, 4.69) is 15.6 Å². The van der Waals surface area contributed by atoms with Crippen molar-refractivity contribution < 1.29 is 27.9 Å². The van der Waals surface area contributed by atoms with Crippen molar-refractivity contribution in [1.82, 2.24) is 4.98 Å². The van der Waals surface area contributed by atoms with Gasteiger partial charge in [0.1, 0.15) is 0 Å². The number of urea groups is 1. The first kappa shape index (κ1) is 17.7. The van der Waals surface area contributed by atoms with E-state index in [0.717, 1.165) is 35.6 Å². The summed E-state index contributed by atoms with van der Waals surface area (Å²) in [6.07, 6.45) is -4.45. The number of hydrogen-bond acceptors (Lipinski definition) is 4. The van der Waals surface area contributed by atoms with E-state index < -0.39 is 23.7 Å². The van der Waals surface area contributed by atoms with Crippen LogP contribution in [0.3, 0.4) is 0 Å². The zero-order valence-electron chi connectivity index (χ0n) is 12.8. The number of thiazole rings is 1. The molecule has 6 nitrogen and oxygen atoms in total. The van der Waals surface area contributed by atoms with E-state index in [9.17, 15) is 22.8 Å². The molecule has 0 saturated carbocycles. The smallest absolute Gasteiger partial charge is 0.416 e. The number of carboxylic acid groups (broad SMARTS) is 1. The van der Waals surface area contributed by atoms with Crippen LogP contribution < -0.4 is 10.6 Å². The first-order chi connectivity index (χ1) is 12.2. The molecule has 0 unspecified atom stereocenters. The monoisotopic (exact) mass is 381 g/mol. The second kappa shape index (κ2) is 6.64. The van der Waals surface area contributed by atoms with Crippen molar-refractivity contribution in [3.63, 3.8) is 0 Å². The van der Waals surface area contributed by atoms with E-state index in [1.165, 1.54) is 18.2 Å². The number of carbonyl (C=O) groups is 2. The van der Waals surface area contributed by atoms with E-state index in [0.29, 0.717) is 10.2 Å². The molecule has 0 aliphatic carbocycles. The van der Waals surface area contributed by atoms with Crippen molar-refractivity contribution in [2.24, 2.45) is 0 Å². The summed E-state index contributed by atoms with van der Waals surface area (Å²) in [5, 5.41) is 14.1. The van der Waals surface area contributed by atoms with Crippen molar-refractivity contribution in [3.8, 4) is 0 Å². The second-order valence-corrected chi connectivity index (χ2v) is 6.19. The largest absolute Gasteiger partial charge is 0.478 e. The maximum atomic E-state index is 12.5. The van der Waals surface area contributed by atoms with Gasteiger partial charge in [-0.1, -0.05) is 11.3 Å². The number of hydrogen-bond donors (Lipinski definition) is 3. The number of nitrogens with zero attached hydrogens (tertiary/aromatic N) is 1. The molecule has 3 N–H and O–H groups in total. The molecular formula is C16H10F3N3O3S. The number of rotatable bonds is 3. The molecule has 3 rings (SSSR count). The molecule has 134 valence electrons. The molecule has 0 aliphatic heterocycles. The third kappa shape index (κ3) is 3.91. The predicted molar refractivity (Wildman–Crippen MR) is 90.7 cm³/mol. The van der Waals surface area contributed by atoms with Gasteiger partial charge < -0.3 is 10.4 Å². The van der Waals surface area contributed by atoms with Gasteiger partial charge in [-0.05, 0) is 42.5 Å². The number of halogens is 3. The highest BCUT2D eigenvalue weighted by atomic mass is 32.1. The Balaban J connectivity index is 1.70. The summed E-state index contributed by atoms with van der Waals surface area (Å²) >= 11 is 1.08. The van der Waals surface area contributed by atoms with Gasteiger partial charge in [-0.3, -0.25) is 5.32 Å². The van der Waals surface area contributed by atoms with E-state index in [-0.39, 0.29) is 16.4 Å². The van der Waals surface area contributed by atoms with Gasteiger partial charge in [-0.15, -0.1) is 0 Å². The van der Waals surface area contributed by atoms with Crippen LogP contribution in [0.4, 0.5) is 28.8 Å². The zero-order valence-corrected chi connectivity index (χ0v) is 13.6. The highest BCUT2D eigenvalue weighted by Crippen LogP contribution is 2.30. The number of nitrogens with one attached hydrogen (secondary N) is 2. The molecule has 1 aromatic heterocycles. The molecule has 0 bridgehead atoms. The normalized spacial score (nSPS) is 11.3. The minimum atomic E-state index is -4.45. The van der Waals surface area contributed by atoms with E-state index in [1.807, 2.05) is 0 Å². The van der Waals surface area contributed by atoms with Crippen LogP contribution in [0.15, 0.2) is 42.5 Å². The van der Waals surface area contributed by atoms with Gasteiger partial charge in [0.25, 0.3) is 0 Å². The van der Waals surface area contributed by atoms with E-state index in [1.54, 1.807) is 0 Å². The fraction of sp³-hybridized carbons (Fsp3) is 0.0625. The number of aromatic carboxylic acids is 1. The average Bonchev–Trinajstić information content (AvgIpc) is 2.95. The SMILES string of the molecule is O=C(Nc1ccc(C(F)(F)F)cc1)Nc1nc2ccc(C(=O)O)cc2s1. The topological polar surface area (TPSA) is 91.3 Å². The molecule has 0 spiro atoms. The van der Waals surface area contributed by atoms with Gasteiger partial charge in [0.2, 0.25) is 0 Å². The first-order valence-electron chi connectivity index (χ1n) is 7.11. The second-order valence-electron chi connectivity index (χ2n) is 5.16. The summed E-state index contributed by atoms with van der Waals surface area (Å²) < 4.78 is 38.1. The number of anilines is 2. The van der Waals surface area contributed by atoms with Gasteiger partial charge in [0.15, 0.2) is 5.13 Å². The Morgan fingerprint density at radius 3 is 2.35 bits per heavy atom. The maximum absolute atomic E-state index is 12.5. The average molecular weight is 381 g/mol. The molecule has 0 radical (unpaired) electrons. The standard InChI is InChI=1S/C16H10F3N3O3S/c17-16(18,19)9-2-4-10(5-3-9)20-14(25)22-15-21-11-6-1-8(13(23)24)7-12(11)26-15/h1-7H,(H,23,24)(H2,20,21,22,25). The summed E-state index contributed by atoms with van der Waals surface area (Å²) in [6, 6.07) is 7.68. The minimum absolute atomic E-state index is 0.0990. The molecule has 2 amide bonds. The Kier molecular flexibility index (Phi) is 4.51. The fourth-order valence-corrected chi connectivity index (χ4v) is 3.01. The molecular weight excluding hydrogens is 371 g/mol. The molecule has 0 saturated heterocycles. The molecule has 0 aliphatic rings. The number of aromatic nitrogens is 1. The van der Waals surface area contributed by atoms with Gasteiger partial charge in [-0.2, -0.15) is 13.2 Å². The molecule has 2 aromatic carbocycles. The molecule has 1 heterocycles. The van der Waals surface area contributed by atoms with Crippen LogP contribution in [0.1, 0.15) is 15.9 Å². The summed E-state index contributed by atoms with van der Waals surface area (Å²) in [5.74, 6) is -1.07. The van der Waals surface area contributed by atoms with Gasteiger partial charge >= 0.3 is 18.2 Å². The Morgan fingerprint density at radius 1 is 1.04 bits per heavy atom. The number of benzene rings is 2. The lowest BCUT2D eigenvalue weighted by molar-refractivity contribution is -0.137. The highest BCUT2D eigenvalue weighted by Gasteiger charge is 2.30. The number of carbonyl (C=O) groups excluding carboxylic acids is 1. The third-order valence-corrected chi connectivity index (χ3v) is 4.26. The zero-order chi connectivity index (χ0) is 18.9. The Labute approximate surface area is 148 Å². The van der Waals surface area contributed by atoms with Gasteiger partial charge in [0.05, 0.1) is 21.3 Å². The van der Waals surface area contributed by atoms with Crippen LogP contribution in [0, 0.1) is 0 Å². The summed E-state index contributed by atoms with van der Waals surface area (Å²) in [6.45, 7) is 0. The van der Waals surface area contributed by atoms with Crippen LogP contribution in [-0.2, 0) is 6.18 Å². The van der Waals surface area contributed by atoms with E-state index >= 15 is 0 Å². The third-order valence-electron chi connectivity index (χ3n) is 3.33. The molecule has 26 heavy (non-hydrogen) atoms. The van der Waals surface area contributed by atoms with Crippen LogP contribution in [0.25, 0.3) is 10.2 Å². The number of amides is 2. The summed E-state index contributed by atoms with van der Waals surface area (Å²) in [5.41, 5.74) is -0.0135. The van der Waals surface area contributed by atoms with Crippen molar-refractivity contribution >= 4 is 44.4 Å². The Morgan fingerprint density at radius 2 is 1.73 bits per heavy atom. The molecule has 0 fully saturated rings. The predicted octanol–water partition coefficient (Wildman–Crippen LogP) is 4.66. The Hall–Kier alpha value is -3.14. The summed E-state index contributed by atoms with van der Waals surface area (Å²) in [7, 11) is 0. The number of carboxylic acids is 1. The van der Waals surface area contributed by atoms with Crippen LogP contribution in [-0.4, -0.2) is 22.1 Å². The molecule has 10 heteroatoms. The van der Waals surface area contributed by atoms with E-state index in [4.69, 9.17) is 5.11 Å². The first-order valence-corrected chi connectivity index (χ1v) is 7.93. The molecule has 0 atom stereocenters. The molecule has 3 aromatic rings. The van der Waals surface area contributed by atoms with Crippen molar-refractivity contribution in [2.75, 3.05) is 10.6 Å². The lowest BCUT2D eigenvalue weighted by Crippen LogP contribution is -2.19. The summed E-state index contributed by atoms with van der Waals surface area (Å²) in [4.78, 5) is 27.0. The quantitative estimate of drug-likeness (QED) is 0.615. The van der Waals surface area contributed by atoms with Crippen molar-refractivity contribution in [2.45, 2.75) is 6.18 Å². The van der Waals surface area contributed by atoms with Crippen molar-refractivity contribution in [3.05, 3.63) is 53.6 Å². The van der Waals surface area contributed by atoms with Gasteiger partial charge in [-0.25, -0.2) is 14.6 Å². The van der Waals surface area contributed by atoms with Crippen LogP contribution in [0.5, 0.6) is 0 Å². The minimum Gasteiger partial charge on any atom is -0.478 e. The number of fused-ring (bicyclic) bond motifs is 1. The van der Waals surface area contributed by atoms with Gasteiger partial charge in [0, 0.05) is 5.69 Å². The maximum Gasteiger partial charge on any atom is 0.416 e. The van der Waals surface area contributed by atoms with Crippen LogP contribution in [0.2, 0.25) is 0 Å². The highest BCUT2D eigenvalue weighted by molar-refractivity contribution is 7.22.